The van der Waals surface area contributed by atoms with Crippen LogP contribution in [-0.2, 0) is 9.84 Å². The van der Waals surface area contributed by atoms with E-state index in [1.807, 2.05) is 0 Å². The van der Waals surface area contributed by atoms with E-state index in [9.17, 15) is 8.42 Å². The maximum Gasteiger partial charge on any atom is 0.147 e. The molecule has 2 N–H and O–H groups in total. The van der Waals surface area contributed by atoms with Gasteiger partial charge >= 0.3 is 0 Å². The molecular formula is C11H25NO3S. The Bertz CT molecular complexity index is 246. The highest BCUT2D eigenvalue weighted by Gasteiger charge is 2.06. The van der Waals surface area contributed by atoms with Crippen molar-refractivity contribution >= 4 is 9.84 Å². The van der Waals surface area contributed by atoms with E-state index in [0.717, 1.165) is 32.4 Å². The standard InChI is InChI=1S/C11H25NO3S/c1-3-5-11(6-8-13)10-12-7-4-9-16(2,14)15/h11-13H,3-10H2,1-2H3. The third-order valence-electron chi connectivity index (χ3n) is 2.54. The maximum absolute atomic E-state index is 10.9. The molecule has 0 aromatic rings. The molecule has 0 radical (unpaired) electrons. The predicted octanol–water partition coefficient (Wildman–Crippen LogP) is 0.809. The molecule has 0 bridgehead atoms. The third-order valence-corrected chi connectivity index (χ3v) is 3.57. The molecule has 0 aromatic carbocycles. The SMILES string of the molecule is CCCC(CCO)CNCCCS(C)(=O)=O. The van der Waals surface area contributed by atoms with E-state index in [2.05, 4.69) is 12.2 Å². The molecule has 0 amide bonds. The van der Waals surface area contributed by atoms with Gasteiger partial charge in [0.25, 0.3) is 0 Å². The van der Waals surface area contributed by atoms with Crippen molar-refractivity contribution < 1.29 is 13.5 Å². The molecule has 98 valence electrons. The van der Waals surface area contributed by atoms with E-state index in [-0.39, 0.29) is 12.4 Å². The monoisotopic (exact) mass is 251 g/mol. The number of aliphatic hydroxyl groups is 1. The van der Waals surface area contributed by atoms with Crippen LogP contribution in [0.25, 0.3) is 0 Å². The van der Waals surface area contributed by atoms with Gasteiger partial charge in [0, 0.05) is 12.9 Å². The van der Waals surface area contributed by atoms with E-state index < -0.39 is 9.84 Å². The first kappa shape index (κ1) is 15.9. The van der Waals surface area contributed by atoms with Crippen molar-refractivity contribution in [3.63, 3.8) is 0 Å². The van der Waals surface area contributed by atoms with Crippen LogP contribution >= 0.6 is 0 Å². The number of sulfone groups is 1. The topological polar surface area (TPSA) is 66.4 Å². The molecule has 1 atom stereocenters. The summed E-state index contributed by atoms with van der Waals surface area (Å²) in [4.78, 5) is 0. The zero-order valence-electron chi connectivity index (χ0n) is 10.4. The lowest BCUT2D eigenvalue weighted by Crippen LogP contribution is -2.25. The Balaban J connectivity index is 3.54. The van der Waals surface area contributed by atoms with E-state index in [1.54, 1.807) is 0 Å². The minimum absolute atomic E-state index is 0.232. The van der Waals surface area contributed by atoms with Gasteiger partial charge < -0.3 is 10.4 Å². The zero-order valence-corrected chi connectivity index (χ0v) is 11.2. The average Bonchev–Trinajstić information content (AvgIpc) is 2.16. The molecule has 0 saturated heterocycles. The fourth-order valence-electron chi connectivity index (χ4n) is 1.70. The van der Waals surface area contributed by atoms with E-state index in [4.69, 9.17) is 5.11 Å². The summed E-state index contributed by atoms with van der Waals surface area (Å²) in [6.45, 7) is 3.97. The van der Waals surface area contributed by atoms with Crippen molar-refractivity contribution in [1.29, 1.82) is 0 Å². The quantitative estimate of drug-likeness (QED) is 0.564. The minimum Gasteiger partial charge on any atom is -0.396 e. The number of hydrogen-bond acceptors (Lipinski definition) is 4. The minimum atomic E-state index is -2.83. The molecule has 0 fully saturated rings. The van der Waals surface area contributed by atoms with Gasteiger partial charge in [-0.3, -0.25) is 0 Å². The van der Waals surface area contributed by atoms with E-state index in [1.165, 1.54) is 6.26 Å². The van der Waals surface area contributed by atoms with Crippen molar-refractivity contribution in [2.45, 2.75) is 32.6 Å². The average molecular weight is 251 g/mol. The van der Waals surface area contributed by atoms with Crippen LogP contribution in [0, 0.1) is 5.92 Å². The van der Waals surface area contributed by atoms with Crippen molar-refractivity contribution in [3.8, 4) is 0 Å². The van der Waals surface area contributed by atoms with Crippen molar-refractivity contribution in [3.05, 3.63) is 0 Å². The summed E-state index contributed by atoms with van der Waals surface area (Å²) in [5, 5.41) is 12.1. The van der Waals surface area contributed by atoms with E-state index >= 15 is 0 Å². The van der Waals surface area contributed by atoms with Gasteiger partial charge in [-0.1, -0.05) is 13.3 Å². The highest BCUT2D eigenvalue weighted by atomic mass is 32.2. The second-order valence-electron chi connectivity index (χ2n) is 4.35. The molecular weight excluding hydrogens is 226 g/mol. The number of nitrogens with one attached hydrogen (secondary N) is 1. The lowest BCUT2D eigenvalue weighted by atomic mass is 10.0. The molecule has 0 aliphatic heterocycles. The molecule has 16 heavy (non-hydrogen) atoms. The summed E-state index contributed by atoms with van der Waals surface area (Å²) in [5.74, 6) is 0.756. The van der Waals surface area contributed by atoms with Crippen LogP contribution in [-0.4, -0.2) is 45.2 Å². The fourth-order valence-corrected chi connectivity index (χ4v) is 2.37. The van der Waals surface area contributed by atoms with Crippen LogP contribution in [0.3, 0.4) is 0 Å². The maximum atomic E-state index is 10.9. The molecule has 0 aliphatic carbocycles. The molecule has 0 spiro atoms. The first-order valence-electron chi connectivity index (χ1n) is 5.99. The Kier molecular flexibility index (Phi) is 8.89. The molecule has 5 heteroatoms. The van der Waals surface area contributed by atoms with Gasteiger partial charge in [0.15, 0.2) is 0 Å². The van der Waals surface area contributed by atoms with Crippen LogP contribution in [0.4, 0.5) is 0 Å². The predicted molar refractivity (Wildman–Crippen MR) is 67.3 cm³/mol. The molecule has 0 heterocycles. The summed E-state index contributed by atoms with van der Waals surface area (Å²) in [5.41, 5.74) is 0. The number of aliphatic hydroxyl groups excluding tert-OH is 1. The molecule has 0 saturated carbocycles. The van der Waals surface area contributed by atoms with Gasteiger partial charge in [0.05, 0.1) is 5.75 Å². The summed E-state index contributed by atoms with van der Waals surface area (Å²) >= 11 is 0. The normalized spacial score (nSPS) is 13.9. The molecule has 4 nitrogen and oxygen atoms in total. The van der Waals surface area contributed by atoms with Gasteiger partial charge in [-0.15, -0.1) is 0 Å². The van der Waals surface area contributed by atoms with Gasteiger partial charge in [-0.2, -0.15) is 0 Å². The first-order valence-corrected chi connectivity index (χ1v) is 8.05. The van der Waals surface area contributed by atoms with Crippen LogP contribution in [0.15, 0.2) is 0 Å². The summed E-state index contributed by atoms with van der Waals surface area (Å²) in [7, 11) is -2.83. The Morgan fingerprint density at radius 3 is 2.50 bits per heavy atom. The van der Waals surface area contributed by atoms with Gasteiger partial charge in [0.2, 0.25) is 0 Å². The van der Waals surface area contributed by atoms with Crippen molar-refractivity contribution in [2.75, 3.05) is 31.7 Å². The van der Waals surface area contributed by atoms with Crippen LogP contribution < -0.4 is 5.32 Å². The number of rotatable bonds is 10. The summed E-state index contributed by atoms with van der Waals surface area (Å²) < 4.78 is 21.7. The van der Waals surface area contributed by atoms with Crippen molar-refractivity contribution in [2.24, 2.45) is 5.92 Å². The second kappa shape index (κ2) is 8.96. The van der Waals surface area contributed by atoms with E-state index in [0.29, 0.717) is 12.3 Å². The third kappa shape index (κ3) is 10.4. The van der Waals surface area contributed by atoms with Crippen LogP contribution in [0.2, 0.25) is 0 Å². The van der Waals surface area contributed by atoms with Crippen molar-refractivity contribution in [1.82, 2.24) is 5.32 Å². The van der Waals surface area contributed by atoms with Gasteiger partial charge in [-0.05, 0) is 38.3 Å². The summed E-state index contributed by atoms with van der Waals surface area (Å²) in [6.07, 6.45) is 4.98. The Labute approximate surface area is 99.4 Å². The highest BCUT2D eigenvalue weighted by Crippen LogP contribution is 2.09. The number of hydrogen-bond donors (Lipinski definition) is 2. The Morgan fingerprint density at radius 1 is 1.31 bits per heavy atom. The second-order valence-corrected chi connectivity index (χ2v) is 6.61. The Morgan fingerprint density at radius 2 is 2.00 bits per heavy atom. The Hall–Kier alpha value is -0.130. The first-order chi connectivity index (χ1) is 7.49. The van der Waals surface area contributed by atoms with Gasteiger partial charge in [0.1, 0.15) is 9.84 Å². The van der Waals surface area contributed by atoms with Crippen LogP contribution in [0.1, 0.15) is 32.6 Å². The highest BCUT2D eigenvalue weighted by molar-refractivity contribution is 7.90. The fraction of sp³-hybridized carbons (Fsp3) is 1.00. The van der Waals surface area contributed by atoms with Crippen LogP contribution in [0.5, 0.6) is 0 Å². The van der Waals surface area contributed by atoms with Gasteiger partial charge in [-0.25, -0.2) is 8.42 Å². The lowest BCUT2D eigenvalue weighted by molar-refractivity contribution is 0.248. The lowest BCUT2D eigenvalue weighted by Gasteiger charge is -2.15. The largest absolute Gasteiger partial charge is 0.396 e. The molecule has 0 aliphatic rings. The molecule has 1 unspecified atom stereocenters. The summed E-state index contributed by atoms with van der Waals surface area (Å²) in [6, 6.07) is 0. The zero-order chi connectivity index (χ0) is 12.4. The molecule has 0 rings (SSSR count). The smallest absolute Gasteiger partial charge is 0.147 e. The molecule has 0 aromatic heterocycles.